The van der Waals surface area contributed by atoms with Gasteiger partial charge in [-0.1, -0.05) is 0 Å². The molecule has 1 aliphatic rings. The van der Waals surface area contributed by atoms with Crippen LogP contribution in [-0.2, 0) is 33.7 Å². The van der Waals surface area contributed by atoms with Crippen molar-refractivity contribution in [3.63, 3.8) is 0 Å². The third kappa shape index (κ3) is 2.67. The van der Waals surface area contributed by atoms with Gasteiger partial charge in [-0.05, 0) is 0 Å². The van der Waals surface area contributed by atoms with Crippen molar-refractivity contribution < 1.29 is 43.9 Å². The molecule has 0 radical (unpaired) electrons. The van der Waals surface area contributed by atoms with Crippen molar-refractivity contribution in [1.82, 2.24) is 0 Å². The van der Waals surface area contributed by atoms with Gasteiger partial charge in [-0.3, -0.25) is 0 Å². The second-order valence-electron chi connectivity index (χ2n) is 2.73. The maximum Gasteiger partial charge on any atom is 0.407 e. The van der Waals surface area contributed by atoms with Gasteiger partial charge < -0.3 is 14.9 Å². The van der Waals surface area contributed by atoms with Crippen molar-refractivity contribution in [2.24, 2.45) is 0 Å². The standard InChI is InChI=1S/C7H6O9/c8-2-1-3(9)15-16-7(13)4(5(10)11)14-6(2)12/h2,4,8H,1H2,(H,10,11). The second-order valence-corrected chi connectivity index (χ2v) is 2.73. The maximum atomic E-state index is 11.0. The summed E-state index contributed by atoms with van der Waals surface area (Å²) in [4.78, 5) is 50.7. The Morgan fingerprint density at radius 3 is 2.38 bits per heavy atom. The fraction of sp³-hybridized carbons (Fsp3) is 0.429. The number of rotatable bonds is 1. The third-order valence-corrected chi connectivity index (χ3v) is 1.52. The van der Waals surface area contributed by atoms with E-state index < -0.39 is 42.5 Å². The van der Waals surface area contributed by atoms with E-state index in [1.165, 1.54) is 0 Å². The van der Waals surface area contributed by atoms with Crippen molar-refractivity contribution in [2.45, 2.75) is 18.6 Å². The summed E-state index contributed by atoms with van der Waals surface area (Å²) in [6.07, 6.45) is -5.00. The maximum absolute atomic E-state index is 11.0. The van der Waals surface area contributed by atoms with Gasteiger partial charge in [0, 0.05) is 0 Å². The number of aliphatic hydroxyl groups excluding tert-OH is 1. The Balaban J connectivity index is 2.89. The Kier molecular flexibility index (Phi) is 3.40. The minimum atomic E-state index is -2.28. The molecule has 0 bridgehead atoms. The second kappa shape index (κ2) is 4.57. The lowest BCUT2D eigenvalue weighted by molar-refractivity contribution is -0.263. The van der Waals surface area contributed by atoms with E-state index in [0.717, 1.165) is 0 Å². The van der Waals surface area contributed by atoms with E-state index >= 15 is 0 Å². The molecule has 16 heavy (non-hydrogen) atoms. The zero-order chi connectivity index (χ0) is 12.3. The molecular weight excluding hydrogens is 228 g/mol. The van der Waals surface area contributed by atoms with Gasteiger partial charge in [0.15, 0.2) is 6.10 Å². The molecule has 0 aromatic carbocycles. The normalized spacial score (nSPS) is 26.7. The average Bonchev–Trinajstić information content (AvgIpc) is 2.24. The molecule has 0 aromatic heterocycles. The SMILES string of the molecule is O=C1CC(O)C(=O)OC(C(=O)O)C(=O)OO1. The van der Waals surface area contributed by atoms with E-state index in [2.05, 4.69) is 14.5 Å². The number of cyclic esters (lactones) is 1. The summed E-state index contributed by atoms with van der Waals surface area (Å²) < 4.78 is 4.11. The summed E-state index contributed by atoms with van der Waals surface area (Å²) in [5, 5.41) is 17.5. The number of carbonyl (C=O) groups excluding carboxylic acids is 3. The average molecular weight is 234 g/mol. The largest absolute Gasteiger partial charge is 0.478 e. The van der Waals surface area contributed by atoms with Gasteiger partial charge in [0.05, 0.1) is 6.42 Å². The minimum Gasteiger partial charge on any atom is -0.478 e. The predicted molar refractivity (Wildman–Crippen MR) is 40.3 cm³/mol. The highest BCUT2D eigenvalue weighted by atomic mass is 17.2. The summed E-state index contributed by atoms with van der Waals surface area (Å²) >= 11 is 0. The molecule has 2 N–H and O–H groups in total. The smallest absolute Gasteiger partial charge is 0.407 e. The summed E-state index contributed by atoms with van der Waals surface area (Å²) in [5.74, 6) is -6.03. The first-order valence-corrected chi connectivity index (χ1v) is 3.94. The van der Waals surface area contributed by atoms with Gasteiger partial charge in [-0.25, -0.2) is 29.0 Å². The highest BCUT2D eigenvalue weighted by Gasteiger charge is 2.38. The molecule has 1 rings (SSSR count). The lowest BCUT2D eigenvalue weighted by Gasteiger charge is -2.10. The van der Waals surface area contributed by atoms with Gasteiger partial charge in [0.2, 0.25) is 0 Å². The van der Waals surface area contributed by atoms with Crippen LogP contribution in [0, 0.1) is 0 Å². The fourth-order valence-corrected chi connectivity index (χ4v) is 0.800. The molecule has 1 aliphatic heterocycles. The predicted octanol–water partition coefficient (Wildman–Crippen LogP) is -2.25. The Morgan fingerprint density at radius 1 is 1.19 bits per heavy atom. The minimum absolute atomic E-state index is 0.807. The summed E-state index contributed by atoms with van der Waals surface area (Å²) in [5.41, 5.74) is 0. The topological polar surface area (TPSA) is 136 Å². The number of carboxylic acids is 1. The van der Waals surface area contributed by atoms with E-state index in [1.807, 2.05) is 0 Å². The monoisotopic (exact) mass is 234 g/mol. The number of carbonyl (C=O) groups is 4. The van der Waals surface area contributed by atoms with Gasteiger partial charge >= 0.3 is 23.9 Å². The number of carboxylic acid groups (broad SMARTS) is 1. The van der Waals surface area contributed by atoms with Crippen LogP contribution in [0.25, 0.3) is 0 Å². The van der Waals surface area contributed by atoms with Crippen LogP contribution in [0.1, 0.15) is 6.42 Å². The molecule has 0 amide bonds. The summed E-state index contributed by atoms with van der Waals surface area (Å²) in [6.45, 7) is 0. The van der Waals surface area contributed by atoms with Gasteiger partial charge in [-0.15, -0.1) is 0 Å². The number of aliphatic hydroxyl groups is 1. The lowest BCUT2D eigenvalue weighted by atomic mass is 10.2. The van der Waals surface area contributed by atoms with Gasteiger partial charge in [0.1, 0.15) is 0 Å². The van der Waals surface area contributed by atoms with Gasteiger partial charge in [-0.2, -0.15) is 0 Å². The van der Waals surface area contributed by atoms with Crippen molar-refractivity contribution in [2.75, 3.05) is 0 Å². The van der Waals surface area contributed by atoms with Crippen molar-refractivity contribution in [1.29, 1.82) is 0 Å². The third-order valence-electron chi connectivity index (χ3n) is 1.52. The van der Waals surface area contributed by atoms with Crippen LogP contribution >= 0.6 is 0 Å². The molecular formula is C7H6O9. The van der Waals surface area contributed by atoms with Crippen LogP contribution in [0.5, 0.6) is 0 Å². The van der Waals surface area contributed by atoms with E-state index in [4.69, 9.17) is 10.2 Å². The number of hydrogen-bond donors (Lipinski definition) is 2. The molecule has 9 nitrogen and oxygen atoms in total. The molecule has 2 atom stereocenters. The Morgan fingerprint density at radius 2 is 1.81 bits per heavy atom. The van der Waals surface area contributed by atoms with E-state index in [0.29, 0.717) is 0 Å². The van der Waals surface area contributed by atoms with E-state index in [9.17, 15) is 19.2 Å². The molecule has 0 aromatic rings. The fourth-order valence-electron chi connectivity index (χ4n) is 0.800. The first kappa shape index (κ1) is 11.9. The molecule has 0 spiro atoms. The van der Waals surface area contributed by atoms with Crippen LogP contribution < -0.4 is 0 Å². The van der Waals surface area contributed by atoms with Gasteiger partial charge in [0.25, 0.3) is 6.10 Å². The number of ether oxygens (including phenoxy) is 1. The Bertz CT molecular complexity index is 346. The molecule has 1 saturated heterocycles. The van der Waals surface area contributed by atoms with Crippen molar-refractivity contribution in [3.05, 3.63) is 0 Å². The van der Waals surface area contributed by atoms with Crippen molar-refractivity contribution in [3.8, 4) is 0 Å². The quantitative estimate of drug-likeness (QED) is 0.292. The van der Waals surface area contributed by atoms with E-state index in [-0.39, 0.29) is 0 Å². The number of aliphatic carboxylic acids is 1. The molecule has 0 saturated carbocycles. The number of hydrogen-bond acceptors (Lipinski definition) is 8. The summed E-state index contributed by atoms with van der Waals surface area (Å²) in [6, 6.07) is 0. The molecule has 1 fully saturated rings. The van der Waals surface area contributed by atoms with Crippen LogP contribution in [0.3, 0.4) is 0 Å². The zero-order valence-electron chi connectivity index (χ0n) is 7.61. The van der Waals surface area contributed by atoms with E-state index in [1.54, 1.807) is 0 Å². The molecule has 0 aliphatic carbocycles. The van der Waals surface area contributed by atoms with Crippen LogP contribution in [0.4, 0.5) is 0 Å². The zero-order valence-corrected chi connectivity index (χ0v) is 7.61. The molecule has 2 unspecified atom stereocenters. The van der Waals surface area contributed by atoms with Crippen LogP contribution in [-0.4, -0.2) is 46.3 Å². The lowest BCUT2D eigenvalue weighted by Crippen LogP contribution is -2.38. The highest BCUT2D eigenvalue weighted by molar-refractivity contribution is 5.99. The molecule has 88 valence electrons. The first-order chi connectivity index (χ1) is 7.41. The number of esters is 1. The molecule has 9 heteroatoms. The summed E-state index contributed by atoms with van der Waals surface area (Å²) in [7, 11) is 0. The Hall–Kier alpha value is -2.16. The van der Waals surface area contributed by atoms with Crippen LogP contribution in [0.2, 0.25) is 0 Å². The molecule has 1 heterocycles. The Labute approximate surface area is 87.4 Å². The first-order valence-electron chi connectivity index (χ1n) is 3.94. The highest BCUT2D eigenvalue weighted by Crippen LogP contribution is 2.07. The van der Waals surface area contributed by atoms with Crippen molar-refractivity contribution >= 4 is 23.9 Å². The van der Waals surface area contributed by atoms with Crippen LogP contribution in [0.15, 0.2) is 0 Å².